The number of methoxy groups -OCH3 is 1. The van der Waals surface area contributed by atoms with Crippen molar-refractivity contribution in [3.63, 3.8) is 0 Å². The van der Waals surface area contributed by atoms with Gasteiger partial charge in [0, 0.05) is 6.54 Å². The summed E-state index contributed by atoms with van der Waals surface area (Å²) in [5.74, 6) is 1.50. The minimum absolute atomic E-state index is 0.0601. The number of para-hydroxylation sites is 2. The van der Waals surface area contributed by atoms with Gasteiger partial charge in [0.2, 0.25) is 0 Å². The van der Waals surface area contributed by atoms with Gasteiger partial charge in [-0.15, -0.1) is 5.10 Å². The molecule has 1 atom stereocenters. The largest absolute Gasteiger partial charge is 0.493 e. The van der Waals surface area contributed by atoms with E-state index in [1.165, 1.54) is 0 Å². The second-order valence-electron chi connectivity index (χ2n) is 6.92. The number of hydrogen-bond donors (Lipinski definition) is 1. The number of ether oxygens (including phenoxy) is 2. The number of rotatable bonds is 6. The molecule has 1 amide bonds. The molecule has 1 N–H and O–H groups in total. The van der Waals surface area contributed by atoms with E-state index in [-0.39, 0.29) is 29.6 Å². The van der Waals surface area contributed by atoms with Crippen LogP contribution in [0.4, 0.5) is 0 Å². The number of hydrogen-bond acceptors (Lipinski definition) is 7. The lowest BCUT2D eigenvalue weighted by Gasteiger charge is -2.24. The van der Waals surface area contributed by atoms with Gasteiger partial charge in [0.25, 0.3) is 11.5 Å². The highest BCUT2D eigenvalue weighted by atomic mass is 16.5. The van der Waals surface area contributed by atoms with E-state index in [1.807, 2.05) is 12.1 Å². The van der Waals surface area contributed by atoms with Gasteiger partial charge in [0.05, 0.1) is 19.7 Å². The van der Waals surface area contributed by atoms with E-state index in [0.29, 0.717) is 36.1 Å². The molecule has 0 unspecified atom stereocenters. The van der Waals surface area contributed by atoms with Crippen molar-refractivity contribution in [3.05, 3.63) is 40.4 Å². The fraction of sp³-hybridized carbons (Fsp3) is 0.421. The Bertz CT molecular complexity index is 1090. The molecule has 1 aliphatic heterocycles. The number of nitrogens with zero attached hydrogens (tertiary/aromatic N) is 5. The zero-order valence-electron chi connectivity index (χ0n) is 16.3. The van der Waals surface area contributed by atoms with Crippen molar-refractivity contribution >= 4 is 17.1 Å². The Hall–Kier alpha value is -3.43. The van der Waals surface area contributed by atoms with Crippen molar-refractivity contribution in [3.8, 4) is 11.5 Å². The molecule has 1 saturated heterocycles. The fourth-order valence-corrected chi connectivity index (χ4v) is 3.61. The molecule has 10 heteroatoms. The number of fused-ring (bicyclic) bond motifs is 1. The second-order valence-corrected chi connectivity index (χ2v) is 6.92. The zero-order valence-corrected chi connectivity index (χ0v) is 16.3. The van der Waals surface area contributed by atoms with E-state index in [1.54, 1.807) is 35.7 Å². The highest BCUT2D eigenvalue weighted by Crippen LogP contribution is 2.26. The number of nitrogens with one attached hydrogen (secondary N) is 1. The Kier molecular flexibility index (Phi) is 5.15. The molecule has 3 heterocycles. The molecule has 0 saturated carbocycles. The first-order valence-electron chi connectivity index (χ1n) is 9.42. The topological polar surface area (TPSA) is 115 Å². The van der Waals surface area contributed by atoms with Gasteiger partial charge >= 0.3 is 0 Å². The van der Waals surface area contributed by atoms with Gasteiger partial charge < -0.3 is 19.4 Å². The maximum atomic E-state index is 12.8. The molecular formula is C19H22N6O4. The highest BCUT2D eigenvalue weighted by molar-refractivity contribution is 5.78. The maximum absolute atomic E-state index is 12.8. The molecule has 0 radical (unpaired) electrons. The van der Waals surface area contributed by atoms with Crippen molar-refractivity contribution in [2.75, 3.05) is 20.3 Å². The third kappa shape index (κ3) is 3.78. The predicted molar refractivity (Wildman–Crippen MR) is 104 cm³/mol. The van der Waals surface area contributed by atoms with Gasteiger partial charge in [0.1, 0.15) is 5.82 Å². The van der Waals surface area contributed by atoms with Crippen LogP contribution in [-0.4, -0.2) is 62.1 Å². The highest BCUT2D eigenvalue weighted by Gasteiger charge is 2.30. The Morgan fingerprint density at radius 3 is 2.90 bits per heavy atom. The van der Waals surface area contributed by atoms with Crippen molar-refractivity contribution in [1.29, 1.82) is 0 Å². The Labute approximate surface area is 166 Å². The summed E-state index contributed by atoms with van der Waals surface area (Å²) in [6.07, 6.45) is 1.73. The van der Waals surface area contributed by atoms with E-state index in [4.69, 9.17) is 9.47 Å². The Morgan fingerprint density at radius 1 is 1.31 bits per heavy atom. The average molecular weight is 398 g/mol. The molecule has 0 spiro atoms. The van der Waals surface area contributed by atoms with E-state index >= 15 is 0 Å². The van der Waals surface area contributed by atoms with Crippen LogP contribution >= 0.6 is 0 Å². The van der Waals surface area contributed by atoms with E-state index < -0.39 is 0 Å². The molecule has 1 fully saturated rings. The van der Waals surface area contributed by atoms with Crippen LogP contribution in [-0.2, 0) is 11.3 Å². The number of aryl methyl sites for hydroxylation is 1. The van der Waals surface area contributed by atoms with Gasteiger partial charge in [-0.2, -0.15) is 0 Å². The molecule has 0 bridgehead atoms. The van der Waals surface area contributed by atoms with Crippen LogP contribution in [0.15, 0.2) is 29.1 Å². The summed E-state index contributed by atoms with van der Waals surface area (Å²) >= 11 is 0. The zero-order chi connectivity index (χ0) is 20.4. The number of benzene rings is 1. The lowest BCUT2D eigenvalue weighted by atomic mass is 10.2. The van der Waals surface area contributed by atoms with Crippen LogP contribution < -0.4 is 15.0 Å². The quantitative estimate of drug-likeness (QED) is 0.656. The number of carbonyl (C=O) groups is 1. The summed E-state index contributed by atoms with van der Waals surface area (Å²) in [5, 5.41) is 8.00. The molecule has 4 rings (SSSR count). The standard InChI is InChI=1S/C19H22N6O4/c1-12-20-18-17(19(27)21-12)22-23-25(18)10-13-6-5-9-24(13)16(26)11-29-15-8-4-3-7-14(15)28-2/h3-4,7-8,13H,5-6,9-11H2,1-2H3,(H,20,21,27)/t13-/m1/s1. The van der Waals surface area contributed by atoms with Gasteiger partial charge in [-0.1, -0.05) is 17.3 Å². The van der Waals surface area contributed by atoms with E-state index in [2.05, 4.69) is 20.3 Å². The molecule has 3 aromatic rings. The third-order valence-electron chi connectivity index (χ3n) is 4.99. The number of likely N-dealkylation sites (tertiary alicyclic amines) is 1. The minimum Gasteiger partial charge on any atom is -0.493 e. The SMILES string of the molecule is COc1ccccc1OCC(=O)N1CCC[C@@H]1Cn1nnc2c(=O)[nH]c(C)nc21. The summed E-state index contributed by atoms with van der Waals surface area (Å²) in [4.78, 5) is 33.5. The van der Waals surface area contributed by atoms with E-state index in [9.17, 15) is 9.59 Å². The van der Waals surface area contributed by atoms with Crippen LogP contribution in [0.1, 0.15) is 18.7 Å². The Morgan fingerprint density at radius 2 is 2.10 bits per heavy atom. The molecule has 152 valence electrons. The van der Waals surface area contributed by atoms with Gasteiger partial charge in [-0.3, -0.25) is 9.59 Å². The van der Waals surface area contributed by atoms with E-state index in [0.717, 1.165) is 12.8 Å². The monoisotopic (exact) mass is 398 g/mol. The lowest BCUT2D eigenvalue weighted by Crippen LogP contribution is -2.41. The average Bonchev–Trinajstić information content (AvgIpc) is 3.34. The molecule has 29 heavy (non-hydrogen) atoms. The lowest BCUT2D eigenvalue weighted by molar-refractivity contribution is -0.134. The van der Waals surface area contributed by atoms with Crippen molar-refractivity contribution in [2.24, 2.45) is 0 Å². The van der Waals surface area contributed by atoms with Crippen molar-refractivity contribution in [1.82, 2.24) is 29.9 Å². The summed E-state index contributed by atoms with van der Waals surface area (Å²) in [6, 6.07) is 7.15. The van der Waals surface area contributed by atoms with Crippen LogP contribution in [0, 0.1) is 6.92 Å². The minimum atomic E-state index is -0.316. The fourth-order valence-electron chi connectivity index (χ4n) is 3.61. The van der Waals surface area contributed by atoms with Crippen molar-refractivity contribution in [2.45, 2.75) is 32.4 Å². The summed E-state index contributed by atoms with van der Waals surface area (Å²) in [7, 11) is 1.56. The number of carbonyl (C=O) groups excluding carboxylic acids is 1. The molecule has 1 aromatic carbocycles. The van der Waals surface area contributed by atoms with Crippen molar-refractivity contribution < 1.29 is 14.3 Å². The first-order valence-corrected chi connectivity index (χ1v) is 9.42. The normalized spacial score (nSPS) is 16.3. The molecule has 1 aliphatic rings. The summed E-state index contributed by atoms with van der Waals surface area (Å²) < 4.78 is 12.5. The van der Waals surface area contributed by atoms with Crippen LogP contribution in [0.25, 0.3) is 11.2 Å². The van der Waals surface area contributed by atoms with Crippen LogP contribution in [0.2, 0.25) is 0 Å². The summed E-state index contributed by atoms with van der Waals surface area (Å²) in [5.41, 5.74) is 0.310. The molecule has 2 aromatic heterocycles. The second kappa shape index (κ2) is 7.90. The van der Waals surface area contributed by atoms with Gasteiger partial charge in [0.15, 0.2) is 29.3 Å². The van der Waals surface area contributed by atoms with Gasteiger partial charge in [-0.25, -0.2) is 9.67 Å². The maximum Gasteiger partial charge on any atom is 0.281 e. The van der Waals surface area contributed by atoms with Gasteiger partial charge in [-0.05, 0) is 31.9 Å². The van der Waals surface area contributed by atoms with Crippen LogP contribution in [0.3, 0.4) is 0 Å². The Balaban J connectivity index is 1.47. The number of H-pyrrole nitrogens is 1. The number of amides is 1. The molecule has 10 nitrogen and oxygen atoms in total. The molecule has 0 aliphatic carbocycles. The first-order chi connectivity index (χ1) is 14.1. The number of aromatic nitrogens is 5. The smallest absolute Gasteiger partial charge is 0.281 e. The first kappa shape index (κ1) is 18.9. The predicted octanol–water partition coefficient (Wildman–Crippen LogP) is 0.902. The molecular weight excluding hydrogens is 376 g/mol. The third-order valence-corrected chi connectivity index (χ3v) is 4.99. The number of aromatic amines is 1. The summed E-state index contributed by atoms with van der Waals surface area (Å²) in [6.45, 7) is 2.70. The van der Waals surface area contributed by atoms with Crippen LogP contribution in [0.5, 0.6) is 11.5 Å².